The Balaban J connectivity index is 1.44. The van der Waals surface area contributed by atoms with Crippen LogP contribution in [0.15, 0.2) is 30.3 Å². The Morgan fingerprint density at radius 3 is 2.72 bits per heavy atom. The fourth-order valence-electron chi connectivity index (χ4n) is 3.35. The Bertz CT molecular complexity index is 809. The molecule has 4 rings (SSSR count). The molecular weight excluding hydrogens is 336 g/mol. The Kier molecular flexibility index (Phi) is 4.55. The van der Waals surface area contributed by atoms with Gasteiger partial charge >= 0.3 is 0 Å². The third-order valence-electron chi connectivity index (χ3n) is 4.72. The fraction of sp³-hybridized carbons (Fsp3) is 0.368. The van der Waals surface area contributed by atoms with Gasteiger partial charge in [0.1, 0.15) is 0 Å². The molecule has 0 bridgehead atoms. The monoisotopic (exact) mass is 356 g/mol. The number of benzene rings is 1. The van der Waals surface area contributed by atoms with E-state index in [4.69, 9.17) is 4.74 Å². The lowest BCUT2D eigenvalue weighted by Gasteiger charge is -2.26. The number of thiophene rings is 1. The lowest BCUT2D eigenvalue weighted by atomic mass is 9.91. The van der Waals surface area contributed by atoms with Gasteiger partial charge in [0, 0.05) is 18.0 Å². The number of hydrogen-bond donors (Lipinski definition) is 1. The van der Waals surface area contributed by atoms with Gasteiger partial charge in [-0.15, -0.1) is 11.3 Å². The Morgan fingerprint density at radius 2 is 1.88 bits per heavy atom. The van der Waals surface area contributed by atoms with E-state index in [1.165, 1.54) is 32.9 Å². The summed E-state index contributed by atoms with van der Waals surface area (Å²) in [6.45, 7) is 2.36. The predicted octanol–water partition coefficient (Wildman–Crippen LogP) is 2.10. The van der Waals surface area contributed by atoms with Crippen LogP contribution >= 0.6 is 11.3 Å². The van der Waals surface area contributed by atoms with E-state index in [9.17, 15) is 9.59 Å². The molecule has 2 aromatic rings. The lowest BCUT2D eigenvalue weighted by Crippen LogP contribution is -2.45. The standard InChI is InChI=1S/C19H20N2O3S/c22-17(21-7-9-24-10-8-21)12-20-19(23)16-11-14-6-5-13-3-1-2-4-15(13)18(14)25-16/h1-4,11H,5-10,12H2,(H,20,23). The summed E-state index contributed by atoms with van der Waals surface area (Å²) in [5, 5.41) is 2.77. The smallest absolute Gasteiger partial charge is 0.261 e. The summed E-state index contributed by atoms with van der Waals surface area (Å²) in [6, 6.07) is 10.3. The summed E-state index contributed by atoms with van der Waals surface area (Å²) in [4.78, 5) is 28.2. The number of carbonyl (C=O) groups is 2. The molecule has 1 aromatic heterocycles. The molecule has 0 atom stereocenters. The molecular formula is C19H20N2O3S. The molecule has 25 heavy (non-hydrogen) atoms. The van der Waals surface area contributed by atoms with Crippen molar-refractivity contribution in [2.75, 3.05) is 32.8 Å². The number of nitrogens with one attached hydrogen (secondary N) is 1. The van der Waals surface area contributed by atoms with Crippen molar-refractivity contribution < 1.29 is 14.3 Å². The number of ether oxygens (including phenoxy) is 1. The Morgan fingerprint density at radius 1 is 1.12 bits per heavy atom. The van der Waals surface area contributed by atoms with E-state index in [0.717, 1.165) is 12.8 Å². The van der Waals surface area contributed by atoms with Crippen molar-refractivity contribution in [3.8, 4) is 10.4 Å². The lowest BCUT2D eigenvalue weighted by molar-refractivity contribution is -0.134. The van der Waals surface area contributed by atoms with Crippen LogP contribution in [0.4, 0.5) is 0 Å². The molecule has 0 saturated carbocycles. The number of hydrogen-bond acceptors (Lipinski definition) is 4. The minimum absolute atomic E-state index is 0.0397. The maximum atomic E-state index is 12.5. The highest BCUT2D eigenvalue weighted by molar-refractivity contribution is 7.17. The molecule has 2 aliphatic rings. The molecule has 5 nitrogen and oxygen atoms in total. The topological polar surface area (TPSA) is 58.6 Å². The van der Waals surface area contributed by atoms with Crippen LogP contribution in [0.2, 0.25) is 0 Å². The number of carbonyl (C=O) groups excluding carboxylic acids is 2. The first kappa shape index (κ1) is 16.3. The van der Waals surface area contributed by atoms with Gasteiger partial charge in [0.15, 0.2) is 0 Å². The van der Waals surface area contributed by atoms with Crippen molar-refractivity contribution >= 4 is 23.2 Å². The van der Waals surface area contributed by atoms with Crippen LogP contribution in [0.1, 0.15) is 20.8 Å². The Labute approximate surface area is 150 Å². The van der Waals surface area contributed by atoms with Crippen LogP contribution in [0.5, 0.6) is 0 Å². The molecule has 1 fully saturated rings. The summed E-state index contributed by atoms with van der Waals surface area (Å²) in [6.07, 6.45) is 1.97. The van der Waals surface area contributed by atoms with E-state index >= 15 is 0 Å². The number of aryl methyl sites for hydroxylation is 2. The zero-order valence-corrected chi connectivity index (χ0v) is 14.7. The number of fused-ring (bicyclic) bond motifs is 3. The van der Waals surface area contributed by atoms with Gasteiger partial charge in [0.25, 0.3) is 5.91 Å². The highest BCUT2D eigenvalue weighted by atomic mass is 32.1. The molecule has 1 N–H and O–H groups in total. The molecule has 2 heterocycles. The molecule has 1 aromatic carbocycles. The van der Waals surface area contributed by atoms with E-state index in [-0.39, 0.29) is 18.4 Å². The molecule has 0 radical (unpaired) electrons. The van der Waals surface area contributed by atoms with E-state index in [2.05, 4.69) is 23.5 Å². The SMILES string of the molecule is O=C(NCC(=O)N1CCOCC1)c1cc2c(s1)-c1ccccc1CC2. The number of rotatable bonds is 3. The van der Waals surface area contributed by atoms with Crippen LogP contribution in [0.25, 0.3) is 10.4 Å². The molecule has 130 valence electrons. The molecule has 0 unspecified atom stereocenters. The van der Waals surface area contributed by atoms with Gasteiger partial charge in [-0.05, 0) is 35.6 Å². The second-order valence-corrected chi connectivity index (χ2v) is 7.35. The second kappa shape index (κ2) is 6.98. The zero-order chi connectivity index (χ0) is 17.2. The van der Waals surface area contributed by atoms with Crippen molar-refractivity contribution in [2.24, 2.45) is 0 Å². The highest BCUT2D eigenvalue weighted by Crippen LogP contribution is 2.39. The maximum absolute atomic E-state index is 12.5. The van der Waals surface area contributed by atoms with Gasteiger partial charge in [-0.2, -0.15) is 0 Å². The van der Waals surface area contributed by atoms with Gasteiger partial charge in [-0.25, -0.2) is 0 Å². The molecule has 6 heteroatoms. The van der Waals surface area contributed by atoms with E-state index in [1.54, 1.807) is 4.90 Å². The van der Waals surface area contributed by atoms with E-state index < -0.39 is 0 Å². The van der Waals surface area contributed by atoms with Crippen molar-refractivity contribution in [2.45, 2.75) is 12.8 Å². The second-order valence-electron chi connectivity index (χ2n) is 6.30. The van der Waals surface area contributed by atoms with E-state index in [1.807, 2.05) is 12.1 Å². The summed E-state index contributed by atoms with van der Waals surface area (Å²) < 4.78 is 5.24. The van der Waals surface area contributed by atoms with Crippen molar-refractivity contribution in [1.82, 2.24) is 10.2 Å². The van der Waals surface area contributed by atoms with Crippen molar-refractivity contribution in [3.05, 3.63) is 46.3 Å². The average molecular weight is 356 g/mol. The van der Waals surface area contributed by atoms with Gasteiger partial charge in [0.2, 0.25) is 5.91 Å². The third-order valence-corrected chi connectivity index (χ3v) is 5.93. The van der Waals surface area contributed by atoms with Crippen molar-refractivity contribution in [1.29, 1.82) is 0 Å². The van der Waals surface area contributed by atoms with Crippen LogP contribution in [-0.2, 0) is 22.4 Å². The highest BCUT2D eigenvalue weighted by Gasteiger charge is 2.22. The quantitative estimate of drug-likeness (QED) is 0.916. The summed E-state index contributed by atoms with van der Waals surface area (Å²) in [7, 11) is 0. The number of amides is 2. The first-order valence-electron chi connectivity index (χ1n) is 8.57. The zero-order valence-electron chi connectivity index (χ0n) is 13.9. The van der Waals surface area contributed by atoms with Crippen LogP contribution in [0.3, 0.4) is 0 Å². The summed E-state index contributed by atoms with van der Waals surface area (Å²) in [5.74, 6) is -0.221. The molecule has 1 saturated heterocycles. The minimum Gasteiger partial charge on any atom is -0.378 e. The largest absolute Gasteiger partial charge is 0.378 e. The van der Waals surface area contributed by atoms with Gasteiger partial charge in [0.05, 0.1) is 24.6 Å². The fourth-order valence-corrected chi connectivity index (χ4v) is 4.54. The summed E-state index contributed by atoms with van der Waals surface area (Å²) >= 11 is 1.52. The predicted molar refractivity (Wildman–Crippen MR) is 96.9 cm³/mol. The van der Waals surface area contributed by atoms with Gasteiger partial charge in [-0.3, -0.25) is 9.59 Å². The van der Waals surface area contributed by atoms with Crippen LogP contribution in [-0.4, -0.2) is 49.6 Å². The molecule has 1 aliphatic carbocycles. The molecule has 1 aliphatic heterocycles. The minimum atomic E-state index is -0.168. The number of nitrogens with zero attached hydrogens (tertiary/aromatic N) is 1. The van der Waals surface area contributed by atoms with Crippen molar-refractivity contribution in [3.63, 3.8) is 0 Å². The van der Waals surface area contributed by atoms with Gasteiger partial charge in [-0.1, -0.05) is 24.3 Å². The molecule has 2 amide bonds. The van der Waals surface area contributed by atoms with E-state index in [0.29, 0.717) is 31.2 Å². The Hall–Kier alpha value is -2.18. The van der Waals surface area contributed by atoms with Crippen LogP contribution in [0, 0.1) is 0 Å². The normalized spacial score (nSPS) is 16.1. The average Bonchev–Trinajstić information content (AvgIpc) is 3.11. The number of morpholine rings is 1. The molecule has 0 spiro atoms. The first-order valence-corrected chi connectivity index (χ1v) is 9.39. The summed E-state index contributed by atoms with van der Waals surface area (Å²) in [5.41, 5.74) is 3.80. The van der Waals surface area contributed by atoms with Crippen LogP contribution < -0.4 is 5.32 Å². The maximum Gasteiger partial charge on any atom is 0.261 e. The first-order chi connectivity index (χ1) is 12.2. The third kappa shape index (κ3) is 3.32. The van der Waals surface area contributed by atoms with Gasteiger partial charge < -0.3 is 15.0 Å².